The van der Waals surface area contributed by atoms with Crippen LogP contribution in [0.4, 0.5) is 5.69 Å². The molecule has 0 saturated heterocycles. The van der Waals surface area contributed by atoms with Gasteiger partial charge in [0.25, 0.3) is 0 Å². The number of carbonyl (C=O) groups excluding carboxylic acids is 3. The van der Waals surface area contributed by atoms with Gasteiger partial charge in [0.1, 0.15) is 0 Å². The maximum atomic E-state index is 10.7. The number of hydrogen-bond acceptors (Lipinski definition) is 4. The number of anilines is 1. The molecule has 0 spiro atoms. The summed E-state index contributed by atoms with van der Waals surface area (Å²) in [6.45, 7) is 5.75. The summed E-state index contributed by atoms with van der Waals surface area (Å²) < 4.78 is 3.97. The van der Waals surface area contributed by atoms with Gasteiger partial charge in [-0.25, -0.2) is 0 Å². The number of ether oxygens (including phenoxy) is 1. The Kier molecular flexibility index (Phi) is 7.44. The third kappa shape index (κ3) is 8.79. The van der Waals surface area contributed by atoms with E-state index in [1.807, 2.05) is 19.1 Å². The summed E-state index contributed by atoms with van der Waals surface area (Å²) in [4.78, 5) is 30.3. The first-order chi connectivity index (χ1) is 8.72. The van der Waals surface area contributed by atoms with E-state index in [4.69, 9.17) is 11.6 Å². The third-order valence-electron chi connectivity index (χ3n) is 1.78. The minimum absolute atomic E-state index is 0.0880. The lowest BCUT2D eigenvalue weighted by Crippen LogP contribution is -2.05. The highest BCUT2D eigenvalue weighted by Crippen LogP contribution is 2.19. The first-order valence-electron chi connectivity index (χ1n) is 5.45. The number of rotatable bonds is 1. The first kappa shape index (κ1) is 17.1. The lowest BCUT2D eigenvalue weighted by molar-refractivity contribution is -0.156. The van der Waals surface area contributed by atoms with Crippen molar-refractivity contribution in [1.29, 1.82) is 0 Å². The number of esters is 2. The van der Waals surface area contributed by atoms with Crippen LogP contribution in [0.25, 0.3) is 0 Å². The molecule has 0 atom stereocenters. The summed E-state index contributed by atoms with van der Waals surface area (Å²) in [6, 6.07) is 5.43. The summed E-state index contributed by atoms with van der Waals surface area (Å²) in [5.74, 6) is -1.21. The summed E-state index contributed by atoms with van der Waals surface area (Å²) in [6.07, 6.45) is 0. The lowest BCUT2D eigenvalue weighted by Gasteiger charge is -2.03. The zero-order valence-electron chi connectivity index (χ0n) is 11.2. The highest BCUT2D eigenvalue weighted by atomic mass is 35.5. The predicted molar refractivity (Wildman–Crippen MR) is 72.9 cm³/mol. The van der Waals surface area contributed by atoms with Gasteiger partial charge in [-0.1, -0.05) is 17.7 Å². The molecule has 5 nitrogen and oxygen atoms in total. The fraction of sp³-hybridized carbons (Fsp3) is 0.308. The fourth-order valence-corrected chi connectivity index (χ4v) is 1.26. The van der Waals surface area contributed by atoms with E-state index in [2.05, 4.69) is 10.1 Å². The van der Waals surface area contributed by atoms with Crippen molar-refractivity contribution < 1.29 is 19.1 Å². The molecule has 1 aromatic rings. The molecular formula is C13H16ClNO4. The first-order valence-corrected chi connectivity index (χ1v) is 5.83. The highest BCUT2D eigenvalue weighted by molar-refractivity contribution is 6.31. The van der Waals surface area contributed by atoms with Gasteiger partial charge in [0.2, 0.25) is 5.91 Å². The van der Waals surface area contributed by atoms with Crippen molar-refractivity contribution in [2.45, 2.75) is 27.7 Å². The normalized spacial score (nSPS) is 8.89. The second-order valence-electron chi connectivity index (χ2n) is 3.73. The van der Waals surface area contributed by atoms with Crippen molar-refractivity contribution in [3.63, 3.8) is 0 Å². The number of carbonyl (C=O) groups is 3. The van der Waals surface area contributed by atoms with Gasteiger partial charge in [0.05, 0.1) is 0 Å². The van der Waals surface area contributed by atoms with Crippen molar-refractivity contribution in [2.24, 2.45) is 0 Å². The summed E-state index contributed by atoms with van der Waals surface area (Å²) in [7, 11) is 0. The second-order valence-corrected chi connectivity index (χ2v) is 4.14. The van der Waals surface area contributed by atoms with Crippen LogP contribution in [0.15, 0.2) is 18.2 Å². The molecule has 104 valence electrons. The second kappa shape index (κ2) is 8.26. The topological polar surface area (TPSA) is 72.5 Å². The minimum atomic E-state index is -0.562. The van der Waals surface area contributed by atoms with E-state index in [0.29, 0.717) is 5.02 Å². The number of amides is 1. The molecule has 19 heavy (non-hydrogen) atoms. The fourth-order valence-electron chi connectivity index (χ4n) is 1.08. The summed E-state index contributed by atoms with van der Waals surface area (Å²) >= 11 is 5.85. The highest BCUT2D eigenvalue weighted by Gasteiger charge is 1.98. The zero-order chi connectivity index (χ0) is 15.0. The Morgan fingerprint density at radius 2 is 1.63 bits per heavy atom. The van der Waals surface area contributed by atoms with E-state index in [-0.39, 0.29) is 5.91 Å². The SMILES string of the molecule is CC(=O)Nc1ccc(C)c(Cl)c1.CC(=O)OC(C)=O. The van der Waals surface area contributed by atoms with Gasteiger partial charge < -0.3 is 10.1 Å². The van der Waals surface area contributed by atoms with Gasteiger partial charge in [0, 0.05) is 31.5 Å². The Hall–Kier alpha value is -1.88. The van der Waals surface area contributed by atoms with E-state index in [9.17, 15) is 14.4 Å². The van der Waals surface area contributed by atoms with Gasteiger partial charge in [-0.15, -0.1) is 0 Å². The summed E-state index contributed by atoms with van der Waals surface area (Å²) in [5.41, 5.74) is 1.74. The molecule has 1 amide bonds. The Balaban J connectivity index is 0.000000399. The van der Waals surface area contributed by atoms with Crippen LogP contribution in [0.5, 0.6) is 0 Å². The monoisotopic (exact) mass is 285 g/mol. The molecular weight excluding hydrogens is 270 g/mol. The average Bonchev–Trinajstić information content (AvgIpc) is 2.21. The van der Waals surface area contributed by atoms with Crippen LogP contribution in [0.3, 0.4) is 0 Å². The molecule has 0 fully saturated rings. The Morgan fingerprint density at radius 1 is 1.11 bits per heavy atom. The van der Waals surface area contributed by atoms with Gasteiger partial charge in [-0.3, -0.25) is 14.4 Å². The van der Waals surface area contributed by atoms with Crippen molar-refractivity contribution >= 4 is 35.1 Å². The summed E-state index contributed by atoms with van der Waals surface area (Å²) in [5, 5.41) is 3.32. The smallest absolute Gasteiger partial charge is 0.310 e. The Bertz CT molecular complexity index is 474. The number of hydrogen-bond donors (Lipinski definition) is 1. The maximum absolute atomic E-state index is 10.7. The van der Waals surface area contributed by atoms with E-state index < -0.39 is 11.9 Å². The van der Waals surface area contributed by atoms with Crippen LogP contribution in [-0.2, 0) is 19.1 Å². The predicted octanol–water partition coefficient (Wildman–Crippen LogP) is 2.70. The number of halogens is 1. The standard InChI is InChI=1S/C9H10ClNO.C4H6O3/c1-6-3-4-8(5-9(6)10)11-7(2)12;1-3(5)7-4(2)6/h3-5H,1-2H3,(H,11,12);1-2H3. The molecule has 0 radical (unpaired) electrons. The Labute approximate surface area is 116 Å². The molecule has 0 unspecified atom stereocenters. The van der Waals surface area contributed by atoms with Crippen LogP contribution < -0.4 is 5.32 Å². The average molecular weight is 286 g/mol. The van der Waals surface area contributed by atoms with E-state index >= 15 is 0 Å². The van der Waals surface area contributed by atoms with Gasteiger partial charge in [-0.05, 0) is 24.6 Å². The maximum Gasteiger partial charge on any atom is 0.310 e. The van der Waals surface area contributed by atoms with Gasteiger partial charge >= 0.3 is 11.9 Å². The number of nitrogens with one attached hydrogen (secondary N) is 1. The molecule has 1 rings (SSSR count). The molecule has 0 aliphatic rings. The molecule has 0 bridgehead atoms. The number of benzene rings is 1. The van der Waals surface area contributed by atoms with Crippen LogP contribution >= 0.6 is 11.6 Å². The molecule has 0 aliphatic heterocycles. The molecule has 1 N–H and O–H groups in total. The molecule has 0 heterocycles. The molecule has 0 saturated carbocycles. The third-order valence-corrected chi connectivity index (χ3v) is 2.19. The quantitative estimate of drug-likeness (QED) is 0.636. The lowest BCUT2D eigenvalue weighted by atomic mass is 10.2. The van der Waals surface area contributed by atoms with Crippen molar-refractivity contribution in [2.75, 3.05) is 5.32 Å². The van der Waals surface area contributed by atoms with Crippen LogP contribution in [-0.4, -0.2) is 17.8 Å². The van der Waals surface area contributed by atoms with Crippen LogP contribution in [0.2, 0.25) is 5.02 Å². The van der Waals surface area contributed by atoms with Gasteiger partial charge in [-0.2, -0.15) is 0 Å². The molecule has 0 aliphatic carbocycles. The van der Waals surface area contributed by atoms with E-state index in [1.165, 1.54) is 20.8 Å². The van der Waals surface area contributed by atoms with Crippen LogP contribution in [0.1, 0.15) is 26.3 Å². The zero-order valence-corrected chi connectivity index (χ0v) is 12.0. The Morgan fingerprint density at radius 3 is 1.95 bits per heavy atom. The van der Waals surface area contributed by atoms with Gasteiger partial charge in [0.15, 0.2) is 0 Å². The van der Waals surface area contributed by atoms with Crippen LogP contribution in [0, 0.1) is 6.92 Å². The minimum Gasteiger partial charge on any atom is -0.394 e. The van der Waals surface area contributed by atoms with Crippen molar-refractivity contribution in [1.82, 2.24) is 0 Å². The number of aryl methyl sites for hydroxylation is 1. The van der Waals surface area contributed by atoms with Crippen molar-refractivity contribution in [3.05, 3.63) is 28.8 Å². The molecule has 0 aromatic heterocycles. The molecule has 1 aromatic carbocycles. The molecule has 6 heteroatoms. The largest absolute Gasteiger partial charge is 0.394 e. The van der Waals surface area contributed by atoms with Crippen molar-refractivity contribution in [3.8, 4) is 0 Å². The van der Waals surface area contributed by atoms with E-state index in [0.717, 1.165) is 11.3 Å². The van der Waals surface area contributed by atoms with E-state index in [1.54, 1.807) is 6.07 Å².